The minimum absolute atomic E-state index is 0.115. The fourth-order valence-electron chi connectivity index (χ4n) is 1.39. The Bertz CT molecular complexity index is 483. The second-order valence-corrected chi connectivity index (χ2v) is 5.81. The van der Waals surface area contributed by atoms with Gasteiger partial charge < -0.3 is 14.2 Å². The van der Waals surface area contributed by atoms with Crippen LogP contribution in [0.5, 0.6) is 0 Å². The Labute approximate surface area is 115 Å². The Morgan fingerprint density at radius 1 is 1.50 bits per heavy atom. The molecule has 10 nitrogen and oxygen atoms in total. The number of hydroxylamine groups is 1. The lowest BCUT2D eigenvalue weighted by Gasteiger charge is -2.21. The van der Waals surface area contributed by atoms with Crippen LogP contribution in [0.25, 0.3) is 0 Å². The Hall–Kier alpha value is -1.32. The molecule has 0 aromatic carbocycles. The third-order valence-electron chi connectivity index (χ3n) is 2.21. The molecule has 1 unspecified atom stereocenters. The number of aromatic nitrogens is 3. The summed E-state index contributed by atoms with van der Waals surface area (Å²) in [5.74, 6) is -2.29. The highest BCUT2D eigenvalue weighted by Gasteiger charge is 2.34. The maximum Gasteiger partial charge on any atom is 0.360 e. The van der Waals surface area contributed by atoms with Crippen LogP contribution in [0.4, 0.5) is 0 Å². The van der Waals surface area contributed by atoms with E-state index in [9.17, 15) is 14.5 Å². The standard InChI is InChI=1S/C9H17N4O6P/c1-3-18-20(17,19-4-2)8(14)6-13-5-7(10-12-13)9(15)11-16/h5,8,14,16H,3-4,6H2,1-2H3,(H,11,15). The number of nitrogens with one attached hydrogen (secondary N) is 1. The summed E-state index contributed by atoms with van der Waals surface area (Å²) in [6, 6.07) is 0. The van der Waals surface area contributed by atoms with Gasteiger partial charge in [0.2, 0.25) is 0 Å². The molecule has 0 radical (unpaired) electrons. The van der Waals surface area contributed by atoms with Crippen LogP contribution >= 0.6 is 7.60 Å². The van der Waals surface area contributed by atoms with Gasteiger partial charge in [-0.15, -0.1) is 5.10 Å². The first kappa shape index (κ1) is 16.7. The molecular formula is C9H17N4O6P. The average molecular weight is 308 g/mol. The molecule has 1 aromatic heterocycles. The molecule has 0 aliphatic carbocycles. The molecule has 114 valence electrons. The minimum Gasteiger partial charge on any atom is -0.379 e. The van der Waals surface area contributed by atoms with Crippen LogP contribution in [0, 0.1) is 0 Å². The monoisotopic (exact) mass is 308 g/mol. The smallest absolute Gasteiger partial charge is 0.360 e. The van der Waals surface area contributed by atoms with Gasteiger partial charge >= 0.3 is 7.60 Å². The van der Waals surface area contributed by atoms with Crippen LogP contribution in [0.1, 0.15) is 24.3 Å². The van der Waals surface area contributed by atoms with E-state index in [0.29, 0.717) is 0 Å². The second-order valence-electron chi connectivity index (χ2n) is 3.62. The lowest BCUT2D eigenvalue weighted by Crippen LogP contribution is -2.20. The van der Waals surface area contributed by atoms with Gasteiger partial charge in [-0.25, -0.2) is 10.2 Å². The first-order valence-electron chi connectivity index (χ1n) is 5.88. The Morgan fingerprint density at radius 3 is 2.60 bits per heavy atom. The van der Waals surface area contributed by atoms with Gasteiger partial charge in [0.05, 0.1) is 26.0 Å². The molecule has 0 bridgehead atoms. The van der Waals surface area contributed by atoms with E-state index in [4.69, 9.17) is 14.3 Å². The normalized spacial score (nSPS) is 13.2. The van der Waals surface area contributed by atoms with Crippen molar-refractivity contribution in [1.29, 1.82) is 0 Å². The number of aliphatic hydroxyl groups is 1. The van der Waals surface area contributed by atoms with Crippen molar-refractivity contribution in [2.45, 2.75) is 26.2 Å². The summed E-state index contributed by atoms with van der Waals surface area (Å²) < 4.78 is 23.3. The molecular weight excluding hydrogens is 291 g/mol. The third kappa shape index (κ3) is 4.09. The molecule has 1 rings (SSSR count). The lowest BCUT2D eigenvalue weighted by atomic mass is 10.5. The van der Waals surface area contributed by atoms with E-state index in [1.807, 2.05) is 0 Å². The summed E-state index contributed by atoms with van der Waals surface area (Å²) in [7, 11) is -3.68. The highest BCUT2D eigenvalue weighted by atomic mass is 31.2. The van der Waals surface area contributed by atoms with Crippen LogP contribution in [0.15, 0.2) is 6.20 Å². The van der Waals surface area contributed by atoms with Gasteiger partial charge in [0.1, 0.15) is 0 Å². The summed E-state index contributed by atoms with van der Waals surface area (Å²) >= 11 is 0. The van der Waals surface area contributed by atoms with Gasteiger partial charge in [-0.2, -0.15) is 0 Å². The van der Waals surface area contributed by atoms with Gasteiger partial charge in [0.25, 0.3) is 5.91 Å². The molecule has 0 saturated heterocycles. The summed E-state index contributed by atoms with van der Waals surface area (Å²) in [6.45, 7) is 3.24. The maximum absolute atomic E-state index is 12.2. The van der Waals surface area contributed by atoms with Crippen LogP contribution in [-0.4, -0.2) is 50.3 Å². The summed E-state index contributed by atoms with van der Waals surface area (Å²) in [6.07, 6.45) is 1.18. The predicted molar refractivity (Wildman–Crippen MR) is 66.1 cm³/mol. The van der Waals surface area contributed by atoms with Crippen molar-refractivity contribution < 1.29 is 28.7 Å². The molecule has 1 atom stereocenters. The number of rotatable bonds is 8. The number of carbonyl (C=O) groups is 1. The van der Waals surface area contributed by atoms with E-state index in [2.05, 4.69) is 10.3 Å². The molecule has 0 spiro atoms. The van der Waals surface area contributed by atoms with Gasteiger partial charge in [0.15, 0.2) is 11.5 Å². The number of aliphatic hydroxyl groups excluding tert-OH is 1. The van der Waals surface area contributed by atoms with E-state index in [1.54, 1.807) is 13.8 Å². The molecule has 0 aliphatic rings. The maximum atomic E-state index is 12.2. The zero-order valence-corrected chi connectivity index (χ0v) is 12.0. The van der Waals surface area contributed by atoms with E-state index < -0.39 is 19.3 Å². The molecule has 3 N–H and O–H groups in total. The highest BCUT2D eigenvalue weighted by molar-refractivity contribution is 7.54. The molecule has 1 amide bonds. The van der Waals surface area contributed by atoms with Crippen LogP contribution in [0.2, 0.25) is 0 Å². The van der Waals surface area contributed by atoms with Crippen molar-refractivity contribution in [2.75, 3.05) is 13.2 Å². The first-order valence-corrected chi connectivity index (χ1v) is 7.49. The number of hydrogen-bond donors (Lipinski definition) is 3. The van der Waals surface area contributed by atoms with Crippen LogP contribution in [0.3, 0.4) is 0 Å². The molecule has 0 aliphatic heterocycles. The van der Waals surface area contributed by atoms with E-state index >= 15 is 0 Å². The topological polar surface area (TPSA) is 136 Å². The van der Waals surface area contributed by atoms with Gasteiger partial charge in [-0.05, 0) is 13.8 Å². The highest BCUT2D eigenvalue weighted by Crippen LogP contribution is 2.52. The molecule has 1 heterocycles. The van der Waals surface area contributed by atoms with Crippen molar-refractivity contribution in [2.24, 2.45) is 0 Å². The number of hydrogen-bond acceptors (Lipinski definition) is 8. The fourth-order valence-corrected chi connectivity index (χ4v) is 2.89. The Morgan fingerprint density at radius 2 is 2.10 bits per heavy atom. The van der Waals surface area contributed by atoms with E-state index in [-0.39, 0.29) is 25.5 Å². The zero-order chi connectivity index (χ0) is 15.2. The zero-order valence-electron chi connectivity index (χ0n) is 11.1. The number of nitrogens with zero attached hydrogens (tertiary/aromatic N) is 3. The van der Waals surface area contributed by atoms with Crippen molar-refractivity contribution in [3.8, 4) is 0 Å². The average Bonchev–Trinajstić information content (AvgIpc) is 2.87. The fraction of sp³-hybridized carbons (Fsp3) is 0.667. The summed E-state index contributed by atoms with van der Waals surface area (Å²) in [5, 5.41) is 25.4. The van der Waals surface area contributed by atoms with E-state index in [0.717, 1.165) is 4.68 Å². The summed E-state index contributed by atoms with van der Waals surface area (Å²) in [5.41, 5.74) is 1.25. The Balaban J connectivity index is 2.77. The molecule has 0 saturated carbocycles. The second kappa shape index (κ2) is 7.46. The molecule has 1 aromatic rings. The van der Waals surface area contributed by atoms with E-state index in [1.165, 1.54) is 11.7 Å². The van der Waals surface area contributed by atoms with Crippen molar-refractivity contribution in [1.82, 2.24) is 20.5 Å². The SMILES string of the molecule is CCOP(=O)(OCC)C(O)Cn1cc(C(=O)NO)nn1. The Kier molecular flexibility index (Phi) is 6.24. The molecule has 11 heteroatoms. The van der Waals surface area contributed by atoms with Gasteiger partial charge in [-0.1, -0.05) is 5.21 Å². The van der Waals surface area contributed by atoms with Crippen LogP contribution in [-0.2, 0) is 20.2 Å². The van der Waals surface area contributed by atoms with Crippen LogP contribution < -0.4 is 5.48 Å². The lowest BCUT2D eigenvalue weighted by molar-refractivity contribution is 0.0700. The van der Waals surface area contributed by atoms with Crippen molar-refractivity contribution in [3.63, 3.8) is 0 Å². The largest absolute Gasteiger partial charge is 0.379 e. The quantitative estimate of drug-likeness (QED) is 0.346. The third-order valence-corrected chi connectivity index (χ3v) is 4.34. The summed E-state index contributed by atoms with van der Waals surface area (Å²) in [4.78, 5) is 11.1. The molecule has 0 fully saturated rings. The first-order chi connectivity index (χ1) is 9.46. The van der Waals surface area contributed by atoms with Gasteiger partial charge in [-0.3, -0.25) is 14.6 Å². The number of amides is 1. The molecule has 20 heavy (non-hydrogen) atoms. The van der Waals surface area contributed by atoms with Gasteiger partial charge in [0, 0.05) is 0 Å². The minimum atomic E-state index is -3.68. The predicted octanol–water partition coefficient (Wildman–Crippen LogP) is -0.0184. The van der Waals surface area contributed by atoms with Crippen molar-refractivity contribution in [3.05, 3.63) is 11.9 Å². The number of carbonyl (C=O) groups excluding carboxylic acids is 1. The van der Waals surface area contributed by atoms with Crippen molar-refractivity contribution >= 4 is 13.5 Å².